The summed E-state index contributed by atoms with van der Waals surface area (Å²) in [6.07, 6.45) is 8.11. The lowest BCUT2D eigenvalue weighted by Crippen LogP contribution is -2.26. The SMILES string of the molecule is CN(Cc1ccccc1)c1ccc(C(c2ccc(S(=O)(=O)O)cc2S(=O)(=O)O)C2C=CC(N(I)Cc3ccccc3)C=C2)cc1. The Labute approximate surface area is 278 Å². The Morgan fingerprint density at radius 3 is 1.80 bits per heavy atom. The van der Waals surface area contributed by atoms with E-state index >= 15 is 0 Å². The van der Waals surface area contributed by atoms with Gasteiger partial charge in [0.2, 0.25) is 0 Å². The third kappa shape index (κ3) is 8.29. The van der Waals surface area contributed by atoms with Gasteiger partial charge in [0.15, 0.2) is 0 Å². The van der Waals surface area contributed by atoms with E-state index in [1.807, 2.05) is 79.9 Å². The van der Waals surface area contributed by atoms with E-state index < -0.39 is 35.9 Å². The maximum Gasteiger partial charge on any atom is 0.294 e. The van der Waals surface area contributed by atoms with Crippen molar-refractivity contribution >= 4 is 48.8 Å². The van der Waals surface area contributed by atoms with Gasteiger partial charge >= 0.3 is 0 Å². The lowest BCUT2D eigenvalue weighted by molar-refractivity contribution is 0.474. The average molecular weight is 757 g/mol. The first-order chi connectivity index (χ1) is 21.4. The molecule has 0 aromatic heterocycles. The molecule has 11 heteroatoms. The van der Waals surface area contributed by atoms with Crippen molar-refractivity contribution in [1.29, 1.82) is 0 Å². The van der Waals surface area contributed by atoms with Crippen molar-refractivity contribution in [3.63, 3.8) is 0 Å². The minimum absolute atomic E-state index is 0.0142. The van der Waals surface area contributed by atoms with Gasteiger partial charge in [0.1, 0.15) is 0 Å². The van der Waals surface area contributed by atoms with Gasteiger partial charge in [-0.15, -0.1) is 0 Å². The standard InChI is InChI=1S/C34H33IN2O6S2/c1-36(23-25-8-4-2-5-9-25)29-16-12-27(13-17-29)34(32-21-20-31(44(38,39)40)22-33(32)45(41,42)43)28-14-18-30(19-15-28)37(35)24-26-10-6-3-7-11-26/h2-22,28,30,34H,23-24H2,1H3,(H,38,39,40)(H,41,42,43). The molecule has 5 rings (SSSR count). The molecule has 0 saturated heterocycles. The van der Waals surface area contributed by atoms with Crippen LogP contribution in [0.5, 0.6) is 0 Å². The highest BCUT2D eigenvalue weighted by atomic mass is 127. The van der Waals surface area contributed by atoms with Crippen molar-refractivity contribution in [3.05, 3.63) is 150 Å². The van der Waals surface area contributed by atoms with Gasteiger partial charge in [0.05, 0.1) is 15.8 Å². The second-order valence-corrected chi connectivity index (χ2v) is 15.0. The molecule has 1 unspecified atom stereocenters. The van der Waals surface area contributed by atoms with E-state index in [0.717, 1.165) is 35.5 Å². The third-order valence-corrected chi connectivity index (χ3v) is 10.5. The Bertz CT molecular complexity index is 1890. The molecule has 0 saturated carbocycles. The number of anilines is 1. The second-order valence-electron chi connectivity index (χ2n) is 10.9. The van der Waals surface area contributed by atoms with E-state index in [1.165, 1.54) is 11.6 Å². The lowest BCUT2D eigenvalue weighted by atomic mass is 9.78. The predicted octanol–water partition coefficient (Wildman–Crippen LogP) is 6.91. The molecule has 0 radical (unpaired) electrons. The van der Waals surface area contributed by atoms with Gasteiger partial charge in [-0.3, -0.25) is 9.11 Å². The molecule has 234 valence electrons. The molecule has 4 aromatic rings. The summed E-state index contributed by atoms with van der Waals surface area (Å²) in [5, 5.41) is 0. The Hall–Kier alpha value is -3.33. The van der Waals surface area contributed by atoms with Crippen LogP contribution in [-0.4, -0.2) is 42.1 Å². The number of halogens is 1. The van der Waals surface area contributed by atoms with E-state index in [2.05, 4.69) is 67.3 Å². The van der Waals surface area contributed by atoms with Crippen molar-refractivity contribution in [2.24, 2.45) is 5.92 Å². The zero-order valence-corrected chi connectivity index (χ0v) is 28.2. The van der Waals surface area contributed by atoms with E-state index in [1.54, 1.807) is 0 Å². The van der Waals surface area contributed by atoms with Crippen LogP contribution in [-0.2, 0) is 33.3 Å². The van der Waals surface area contributed by atoms with E-state index in [0.29, 0.717) is 6.54 Å². The van der Waals surface area contributed by atoms with Crippen molar-refractivity contribution in [1.82, 2.24) is 3.11 Å². The fourth-order valence-electron chi connectivity index (χ4n) is 5.53. The number of benzene rings is 4. The van der Waals surface area contributed by atoms with E-state index in [9.17, 15) is 25.9 Å². The molecule has 0 bridgehead atoms. The molecule has 0 fully saturated rings. The maximum absolute atomic E-state index is 12.6. The molecule has 0 aliphatic heterocycles. The third-order valence-electron chi connectivity index (χ3n) is 7.80. The Morgan fingerprint density at radius 2 is 1.27 bits per heavy atom. The maximum atomic E-state index is 12.6. The smallest absolute Gasteiger partial charge is 0.294 e. The summed E-state index contributed by atoms with van der Waals surface area (Å²) < 4.78 is 71.0. The molecular weight excluding hydrogens is 723 g/mol. The van der Waals surface area contributed by atoms with Gasteiger partial charge in [-0.1, -0.05) is 103 Å². The van der Waals surface area contributed by atoms with Gasteiger partial charge in [0, 0.05) is 60.5 Å². The Kier molecular flexibility index (Phi) is 10.3. The highest BCUT2D eigenvalue weighted by molar-refractivity contribution is 14.1. The molecule has 1 atom stereocenters. The zero-order chi connectivity index (χ0) is 32.2. The topological polar surface area (TPSA) is 115 Å². The van der Waals surface area contributed by atoms with Crippen molar-refractivity contribution in [2.75, 3.05) is 11.9 Å². The fourth-order valence-corrected chi connectivity index (χ4v) is 7.65. The molecule has 1 aliphatic rings. The Balaban J connectivity index is 1.50. The number of nitrogens with zero attached hydrogens (tertiary/aromatic N) is 2. The molecule has 4 aromatic carbocycles. The highest BCUT2D eigenvalue weighted by Gasteiger charge is 2.31. The van der Waals surface area contributed by atoms with Crippen LogP contribution in [0, 0.1) is 5.92 Å². The molecule has 45 heavy (non-hydrogen) atoms. The highest BCUT2D eigenvalue weighted by Crippen LogP contribution is 2.40. The van der Waals surface area contributed by atoms with Gasteiger partial charge in [-0.25, -0.2) is 3.11 Å². The molecule has 8 nitrogen and oxygen atoms in total. The average Bonchev–Trinajstić information content (AvgIpc) is 3.02. The van der Waals surface area contributed by atoms with Gasteiger partial charge in [0.25, 0.3) is 20.2 Å². The van der Waals surface area contributed by atoms with Crippen LogP contribution in [0.4, 0.5) is 5.69 Å². The quantitative estimate of drug-likeness (QED) is 0.0735. The van der Waals surface area contributed by atoms with Crippen molar-refractivity contribution in [2.45, 2.75) is 34.8 Å². The first kappa shape index (κ1) is 33.0. The second kappa shape index (κ2) is 14.0. The number of hydrogen-bond acceptors (Lipinski definition) is 6. The summed E-state index contributed by atoms with van der Waals surface area (Å²) in [7, 11) is -7.59. The number of hydrogen-bond donors (Lipinski definition) is 2. The molecule has 1 aliphatic carbocycles. The summed E-state index contributed by atoms with van der Waals surface area (Å²) in [6, 6.07) is 31.2. The van der Waals surface area contributed by atoms with Crippen LogP contribution >= 0.6 is 22.9 Å². The summed E-state index contributed by atoms with van der Waals surface area (Å²) in [4.78, 5) is 0.911. The van der Waals surface area contributed by atoms with Gasteiger partial charge in [-0.05, 0) is 46.5 Å². The Morgan fingerprint density at radius 1 is 0.711 bits per heavy atom. The van der Waals surface area contributed by atoms with Crippen LogP contribution in [0.2, 0.25) is 0 Å². The zero-order valence-electron chi connectivity index (χ0n) is 24.4. The van der Waals surface area contributed by atoms with E-state index in [-0.39, 0.29) is 17.5 Å². The van der Waals surface area contributed by atoms with Crippen LogP contribution in [0.15, 0.2) is 137 Å². The van der Waals surface area contributed by atoms with Crippen LogP contribution in [0.1, 0.15) is 28.2 Å². The number of rotatable bonds is 11. The van der Waals surface area contributed by atoms with Crippen molar-refractivity contribution in [3.8, 4) is 0 Å². The molecular formula is C34H33IN2O6S2. The molecule has 0 spiro atoms. The summed E-state index contributed by atoms with van der Waals surface area (Å²) in [6.45, 7) is 1.41. The minimum atomic E-state index is -4.86. The monoisotopic (exact) mass is 756 g/mol. The van der Waals surface area contributed by atoms with Crippen LogP contribution < -0.4 is 4.90 Å². The number of allylic oxidation sites excluding steroid dienone is 2. The van der Waals surface area contributed by atoms with Gasteiger partial charge < -0.3 is 4.90 Å². The minimum Gasteiger partial charge on any atom is -0.370 e. The molecule has 0 heterocycles. The van der Waals surface area contributed by atoms with Gasteiger partial charge in [-0.2, -0.15) is 16.8 Å². The summed E-state index contributed by atoms with van der Waals surface area (Å²) in [5.41, 5.74) is 4.26. The molecule has 2 N–H and O–H groups in total. The summed E-state index contributed by atoms with van der Waals surface area (Å²) >= 11 is 2.29. The largest absolute Gasteiger partial charge is 0.370 e. The molecule has 0 amide bonds. The van der Waals surface area contributed by atoms with Crippen LogP contribution in [0.25, 0.3) is 0 Å². The summed E-state index contributed by atoms with van der Waals surface area (Å²) in [5.74, 6) is -0.927. The van der Waals surface area contributed by atoms with Crippen molar-refractivity contribution < 1.29 is 25.9 Å². The van der Waals surface area contributed by atoms with E-state index in [4.69, 9.17) is 0 Å². The fraction of sp³-hybridized carbons (Fsp3) is 0.176. The first-order valence-corrected chi connectivity index (χ1v) is 18.0. The van der Waals surface area contributed by atoms with Crippen LogP contribution in [0.3, 0.4) is 0 Å². The normalized spacial score (nSPS) is 17.4. The first-order valence-electron chi connectivity index (χ1n) is 14.2. The predicted molar refractivity (Wildman–Crippen MR) is 184 cm³/mol. The lowest BCUT2D eigenvalue weighted by Gasteiger charge is -2.30.